The first-order valence-electron chi connectivity index (χ1n) is 7.53. The maximum absolute atomic E-state index is 12.3. The second kappa shape index (κ2) is 5.85. The molecular formula is C16H20N2O3. The van der Waals surface area contributed by atoms with Crippen LogP contribution < -0.4 is 5.32 Å². The molecule has 0 spiro atoms. The second-order valence-corrected chi connectivity index (χ2v) is 5.75. The largest absolute Gasteiger partial charge is 0.394 e. The second-order valence-electron chi connectivity index (χ2n) is 5.75. The minimum Gasteiger partial charge on any atom is -0.394 e. The van der Waals surface area contributed by atoms with Gasteiger partial charge in [-0.15, -0.1) is 0 Å². The summed E-state index contributed by atoms with van der Waals surface area (Å²) in [5.41, 5.74) is 2.45. The summed E-state index contributed by atoms with van der Waals surface area (Å²) in [6.45, 7) is 0.664. The molecule has 1 saturated heterocycles. The Hall–Kier alpha value is -1.88. The predicted molar refractivity (Wildman–Crippen MR) is 79.5 cm³/mol. The number of Topliss-reactive ketones (excluding diaryl/α,β-unsaturated/α-hetero) is 1. The summed E-state index contributed by atoms with van der Waals surface area (Å²) >= 11 is 0. The van der Waals surface area contributed by atoms with Gasteiger partial charge in [0.25, 0.3) is 0 Å². The third-order valence-corrected chi connectivity index (χ3v) is 4.36. The summed E-state index contributed by atoms with van der Waals surface area (Å²) in [6, 6.07) is 5.26. The van der Waals surface area contributed by atoms with Crippen molar-refractivity contribution in [2.75, 3.05) is 18.5 Å². The number of amides is 2. The zero-order valence-electron chi connectivity index (χ0n) is 12.0. The van der Waals surface area contributed by atoms with Crippen molar-refractivity contribution in [1.82, 2.24) is 4.90 Å². The number of hydrogen-bond acceptors (Lipinski definition) is 3. The Morgan fingerprint density at radius 2 is 2.19 bits per heavy atom. The van der Waals surface area contributed by atoms with E-state index in [-0.39, 0.29) is 24.5 Å². The molecule has 5 nitrogen and oxygen atoms in total. The minimum absolute atomic E-state index is 0.00388. The number of benzene rings is 1. The summed E-state index contributed by atoms with van der Waals surface area (Å²) in [6.07, 6.45) is 4.18. The van der Waals surface area contributed by atoms with Crippen LogP contribution in [0.1, 0.15) is 41.6 Å². The van der Waals surface area contributed by atoms with E-state index in [0.29, 0.717) is 18.7 Å². The first-order valence-corrected chi connectivity index (χ1v) is 7.53. The number of aliphatic hydroxyl groups excluding tert-OH is 1. The highest BCUT2D eigenvalue weighted by Gasteiger charge is 2.28. The highest BCUT2D eigenvalue weighted by Crippen LogP contribution is 2.25. The van der Waals surface area contributed by atoms with E-state index >= 15 is 0 Å². The van der Waals surface area contributed by atoms with Crippen molar-refractivity contribution in [2.45, 2.75) is 38.1 Å². The first kappa shape index (κ1) is 14.1. The van der Waals surface area contributed by atoms with Crippen LogP contribution in [0.25, 0.3) is 0 Å². The predicted octanol–water partition coefficient (Wildman–Crippen LogP) is 2.19. The molecular weight excluding hydrogens is 268 g/mol. The molecule has 0 saturated carbocycles. The molecule has 21 heavy (non-hydrogen) atoms. The zero-order chi connectivity index (χ0) is 14.8. The van der Waals surface area contributed by atoms with Crippen LogP contribution in [0.3, 0.4) is 0 Å². The topological polar surface area (TPSA) is 69.6 Å². The quantitative estimate of drug-likeness (QED) is 0.876. The number of likely N-dealkylation sites (tertiary alicyclic amines) is 1. The van der Waals surface area contributed by atoms with Crippen molar-refractivity contribution in [3.63, 3.8) is 0 Å². The van der Waals surface area contributed by atoms with E-state index in [1.54, 1.807) is 11.0 Å². The standard InChI is InChI=1S/C16H20N2O3/c19-10-13-4-2-8-18(13)16(21)17-12-7-6-11-3-1-5-15(20)14(11)9-12/h6-7,9,13,19H,1-5,8,10H2,(H,17,21)/t13-/m1/s1. The number of rotatable bonds is 2. The number of nitrogens with zero attached hydrogens (tertiary/aromatic N) is 1. The number of aryl methyl sites for hydroxylation is 1. The number of urea groups is 1. The van der Waals surface area contributed by atoms with Crippen molar-refractivity contribution in [1.29, 1.82) is 0 Å². The number of anilines is 1. The van der Waals surface area contributed by atoms with Crippen LogP contribution in [0, 0.1) is 0 Å². The lowest BCUT2D eigenvalue weighted by Gasteiger charge is -2.24. The maximum Gasteiger partial charge on any atom is 0.322 e. The minimum atomic E-state index is -0.199. The van der Waals surface area contributed by atoms with E-state index in [0.717, 1.165) is 36.8 Å². The molecule has 3 rings (SSSR count). The molecule has 1 aromatic carbocycles. The van der Waals surface area contributed by atoms with Gasteiger partial charge in [-0.25, -0.2) is 4.79 Å². The molecule has 1 aromatic rings. The fourth-order valence-electron chi connectivity index (χ4n) is 3.19. The number of fused-ring (bicyclic) bond motifs is 1. The molecule has 0 bridgehead atoms. The number of hydrogen-bond donors (Lipinski definition) is 2. The average Bonchev–Trinajstić information content (AvgIpc) is 2.97. The van der Waals surface area contributed by atoms with Crippen LogP contribution in [0.4, 0.5) is 10.5 Å². The Labute approximate surface area is 123 Å². The Morgan fingerprint density at radius 1 is 1.33 bits per heavy atom. The molecule has 1 heterocycles. The van der Waals surface area contributed by atoms with Gasteiger partial charge in [-0.3, -0.25) is 4.79 Å². The Kier molecular flexibility index (Phi) is 3.92. The van der Waals surface area contributed by atoms with Gasteiger partial charge in [-0.2, -0.15) is 0 Å². The van der Waals surface area contributed by atoms with E-state index in [2.05, 4.69) is 5.32 Å². The molecule has 1 aliphatic heterocycles. The molecule has 1 fully saturated rings. The molecule has 0 radical (unpaired) electrons. The highest BCUT2D eigenvalue weighted by molar-refractivity contribution is 6.00. The molecule has 2 aliphatic rings. The van der Waals surface area contributed by atoms with Gasteiger partial charge < -0.3 is 15.3 Å². The van der Waals surface area contributed by atoms with E-state index < -0.39 is 0 Å². The number of carbonyl (C=O) groups is 2. The summed E-state index contributed by atoms with van der Waals surface area (Å²) < 4.78 is 0. The van der Waals surface area contributed by atoms with Crippen molar-refractivity contribution in [3.05, 3.63) is 29.3 Å². The van der Waals surface area contributed by atoms with Crippen LogP contribution in [0.5, 0.6) is 0 Å². The van der Waals surface area contributed by atoms with Crippen LogP contribution in [0.2, 0.25) is 0 Å². The third-order valence-electron chi connectivity index (χ3n) is 4.36. The highest BCUT2D eigenvalue weighted by atomic mass is 16.3. The summed E-state index contributed by atoms with van der Waals surface area (Å²) in [4.78, 5) is 25.8. The zero-order valence-corrected chi connectivity index (χ0v) is 12.0. The molecule has 112 valence electrons. The fourth-order valence-corrected chi connectivity index (χ4v) is 3.19. The van der Waals surface area contributed by atoms with Crippen molar-refractivity contribution < 1.29 is 14.7 Å². The number of ketones is 1. The Balaban J connectivity index is 1.74. The monoisotopic (exact) mass is 288 g/mol. The van der Waals surface area contributed by atoms with Gasteiger partial charge in [0.15, 0.2) is 5.78 Å². The molecule has 1 atom stereocenters. The smallest absolute Gasteiger partial charge is 0.322 e. The van der Waals surface area contributed by atoms with Gasteiger partial charge in [-0.05, 0) is 43.4 Å². The maximum atomic E-state index is 12.3. The van der Waals surface area contributed by atoms with Gasteiger partial charge in [0, 0.05) is 24.2 Å². The van der Waals surface area contributed by atoms with E-state index in [1.165, 1.54) is 0 Å². The van der Waals surface area contributed by atoms with E-state index in [9.17, 15) is 14.7 Å². The van der Waals surface area contributed by atoms with Crippen molar-refractivity contribution in [3.8, 4) is 0 Å². The summed E-state index contributed by atoms with van der Waals surface area (Å²) in [5.74, 6) is 0.154. The van der Waals surface area contributed by atoms with Crippen molar-refractivity contribution in [2.24, 2.45) is 0 Å². The lowest BCUT2D eigenvalue weighted by atomic mass is 9.90. The van der Waals surface area contributed by atoms with E-state index in [1.807, 2.05) is 12.1 Å². The lowest BCUT2D eigenvalue weighted by Crippen LogP contribution is -2.40. The average molecular weight is 288 g/mol. The Bertz CT molecular complexity index is 571. The SMILES string of the molecule is O=C1CCCc2ccc(NC(=O)N3CCC[C@@H]3CO)cc21. The van der Waals surface area contributed by atoms with Crippen LogP contribution >= 0.6 is 0 Å². The molecule has 1 aliphatic carbocycles. The molecule has 5 heteroatoms. The number of aliphatic hydroxyl groups is 1. The summed E-state index contributed by atoms with van der Waals surface area (Å²) in [5, 5.41) is 12.1. The Morgan fingerprint density at radius 3 is 3.00 bits per heavy atom. The molecule has 2 N–H and O–H groups in total. The number of carbonyl (C=O) groups excluding carboxylic acids is 2. The molecule has 2 amide bonds. The number of nitrogens with one attached hydrogen (secondary N) is 1. The normalized spacial score (nSPS) is 21.3. The van der Waals surface area contributed by atoms with Gasteiger partial charge in [-0.1, -0.05) is 6.07 Å². The molecule has 0 aromatic heterocycles. The lowest BCUT2D eigenvalue weighted by molar-refractivity contribution is 0.0972. The van der Waals surface area contributed by atoms with Crippen LogP contribution in [0.15, 0.2) is 18.2 Å². The van der Waals surface area contributed by atoms with E-state index in [4.69, 9.17) is 0 Å². The van der Waals surface area contributed by atoms with Crippen molar-refractivity contribution >= 4 is 17.5 Å². The third kappa shape index (κ3) is 2.78. The van der Waals surface area contributed by atoms with Crippen LogP contribution in [-0.2, 0) is 6.42 Å². The van der Waals surface area contributed by atoms with Gasteiger partial charge in [0.2, 0.25) is 0 Å². The molecule has 0 unspecified atom stereocenters. The van der Waals surface area contributed by atoms with Gasteiger partial charge in [0.05, 0.1) is 12.6 Å². The summed E-state index contributed by atoms with van der Waals surface area (Å²) in [7, 11) is 0. The van der Waals surface area contributed by atoms with Crippen LogP contribution in [-0.4, -0.2) is 41.0 Å². The first-order chi connectivity index (χ1) is 10.2. The van der Waals surface area contributed by atoms with Gasteiger partial charge >= 0.3 is 6.03 Å². The fraction of sp³-hybridized carbons (Fsp3) is 0.500. The van der Waals surface area contributed by atoms with Gasteiger partial charge in [0.1, 0.15) is 0 Å².